The molecular formula is C18H30N2O2. The van der Waals surface area contributed by atoms with E-state index >= 15 is 0 Å². The lowest BCUT2D eigenvalue weighted by Gasteiger charge is -2.25. The molecule has 0 spiro atoms. The molecule has 4 unspecified atom stereocenters. The van der Waals surface area contributed by atoms with E-state index in [1.165, 1.54) is 25.7 Å². The molecule has 2 fully saturated rings. The van der Waals surface area contributed by atoms with Crippen LogP contribution < -0.4 is 10.6 Å². The Morgan fingerprint density at radius 2 is 2.05 bits per heavy atom. The molecule has 0 heterocycles. The molecule has 0 radical (unpaired) electrons. The molecule has 4 atom stereocenters. The number of alkyl carbamates (subject to hydrolysis) is 1. The second kappa shape index (κ2) is 6.23. The summed E-state index contributed by atoms with van der Waals surface area (Å²) < 4.78 is 5.38. The van der Waals surface area contributed by atoms with E-state index in [4.69, 9.17) is 4.74 Å². The number of rotatable bonds is 6. The van der Waals surface area contributed by atoms with E-state index in [-0.39, 0.29) is 12.1 Å². The van der Waals surface area contributed by atoms with Crippen LogP contribution in [0.2, 0.25) is 0 Å². The molecule has 0 aromatic rings. The van der Waals surface area contributed by atoms with Gasteiger partial charge in [-0.25, -0.2) is 4.79 Å². The van der Waals surface area contributed by atoms with Gasteiger partial charge in [0.2, 0.25) is 0 Å². The van der Waals surface area contributed by atoms with E-state index in [1.807, 2.05) is 20.8 Å². The molecule has 3 rings (SSSR count). The normalized spacial score (nSPS) is 31.3. The van der Waals surface area contributed by atoms with E-state index in [0.717, 1.165) is 30.8 Å². The molecule has 124 valence electrons. The van der Waals surface area contributed by atoms with Gasteiger partial charge < -0.3 is 15.4 Å². The Morgan fingerprint density at radius 3 is 2.59 bits per heavy atom. The van der Waals surface area contributed by atoms with Crippen molar-refractivity contribution in [3.05, 3.63) is 12.2 Å². The largest absolute Gasteiger partial charge is 0.444 e. The number of nitrogens with one attached hydrogen (secondary N) is 2. The zero-order valence-electron chi connectivity index (χ0n) is 14.1. The molecule has 0 aliphatic heterocycles. The topological polar surface area (TPSA) is 50.4 Å². The van der Waals surface area contributed by atoms with Crippen LogP contribution in [0.5, 0.6) is 0 Å². The number of ether oxygens (including phenoxy) is 1. The average Bonchev–Trinajstić information content (AvgIpc) is 3.05. The summed E-state index contributed by atoms with van der Waals surface area (Å²) in [5.41, 5.74) is -0.430. The second-order valence-electron chi connectivity index (χ2n) is 8.29. The molecule has 2 saturated carbocycles. The summed E-state index contributed by atoms with van der Waals surface area (Å²) in [6.07, 6.45) is 9.64. The first-order valence-corrected chi connectivity index (χ1v) is 8.79. The van der Waals surface area contributed by atoms with Gasteiger partial charge in [-0.1, -0.05) is 12.2 Å². The molecule has 1 amide bonds. The fraction of sp³-hybridized carbons (Fsp3) is 0.833. The van der Waals surface area contributed by atoms with Gasteiger partial charge in [0.15, 0.2) is 0 Å². The third-order valence-electron chi connectivity index (χ3n) is 5.08. The SMILES string of the molecule is CC(C)(C)OC(=O)NC(CNCC1CC2C=CC1C2)C1CC1. The van der Waals surface area contributed by atoms with Crippen LogP contribution in [0.4, 0.5) is 4.79 Å². The Labute approximate surface area is 134 Å². The number of amides is 1. The minimum atomic E-state index is -0.430. The maximum Gasteiger partial charge on any atom is 0.407 e. The number of carbonyl (C=O) groups excluding carboxylic acids is 1. The molecule has 2 N–H and O–H groups in total. The van der Waals surface area contributed by atoms with Crippen molar-refractivity contribution in [1.82, 2.24) is 10.6 Å². The molecule has 3 aliphatic carbocycles. The van der Waals surface area contributed by atoms with Crippen molar-refractivity contribution >= 4 is 6.09 Å². The second-order valence-corrected chi connectivity index (χ2v) is 8.29. The average molecular weight is 306 g/mol. The summed E-state index contributed by atoms with van der Waals surface area (Å²) in [4.78, 5) is 12.0. The van der Waals surface area contributed by atoms with Crippen molar-refractivity contribution in [3.63, 3.8) is 0 Å². The molecule has 3 aliphatic rings. The van der Waals surface area contributed by atoms with Crippen LogP contribution in [0.3, 0.4) is 0 Å². The van der Waals surface area contributed by atoms with Gasteiger partial charge in [-0.15, -0.1) is 0 Å². The van der Waals surface area contributed by atoms with E-state index in [1.54, 1.807) is 0 Å². The lowest BCUT2D eigenvalue weighted by molar-refractivity contribution is 0.0497. The van der Waals surface area contributed by atoms with Gasteiger partial charge in [0.1, 0.15) is 5.60 Å². The molecular weight excluding hydrogens is 276 g/mol. The van der Waals surface area contributed by atoms with Crippen LogP contribution in [0.25, 0.3) is 0 Å². The fourth-order valence-corrected chi connectivity index (χ4v) is 3.85. The lowest BCUT2D eigenvalue weighted by Crippen LogP contribution is -2.46. The Morgan fingerprint density at radius 1 is 1.27 bits per heavy atom. The third kappa shape index (κ3) is 4.25. The van der Waals surface area contributed by atoms with E-state index < -0.39 is 5.60 Å². The summed E-state index contributed by atoms with van der Waals surface area (Å²) in [5.74, 6) is 3.03. The van der Waals surface area contributed by atoms with Gasteiger partial charge in [-0.05, 0) is 76.7 Å². The summed E-state index contributed by atoms with van der Waals surface area (Å²) in [5, 5.41) is 6.65. The first-order valence-electron chi connectivity index (χ1n) is 8.79. The summed E-state index contributed by atoms with van der Waals surface area (Å²) in [7, 11) is 0. The number of allylic oxidation sites excluding steroid dienone is 2. The number of hydrogen-bond donors (Lipinski definition) is 2. The number of hydrogen-bond acceptors (Lipinski definition) is 3. The van der Waals surface area contributed by atoms with E-state index in [2.05, 4.69) is 22.8 Å². The summed E-state index contributed by atoms with van der Waals surface area (Å²) in [6.45, 7) is 7.64. The minimum absolute atomic E-state index is 0.212. The Kier molecular flexibility index (Phi) is 4.49. The number of carbonyl (C=O) groups is 1. The maximum absolute atomic E-state index is 12.0. The Hall–Kier alpha value is -1.03. The Bertz CT molecular complexity index is 437. The highest BCUT2D eigenvalue weighted by molar-refractivity contribution is 5.68. The fourth-order valence-electron chi connectivity index (χ4n) is 3.85. The zero-order valence-corrected chi connectivity index (χ0v) is 14.1. The van der Waals surface area contributed by atoms with Crippen molar-refractivity contribution in [2.24, 2.45) is 23.7 Å². The zero-order chi connectivity index (χ0) is 15.7. The smallest absolute Gasteiger partial charge is 0.407 e. The summed E-state index contributed by atoms with van der Waals surface area (Å²) in [6, 6.07) is 0.212. The highest BCUT2D eigenvalue weighted by Crippen LogP contribution is 2.43. The van der Waals surface area contributed by atoms with Crippen LogP contribution in [0.15, 0.2) is 12.2 Å². The van der Waals surface area contributed by atoms with Crippen LogP contribution in [-0.4, -0.2) is 30.8 Å². The first kappa shape index (κ1) is 15.9. The van der Waals surface area contributed by atoms with E-state index in [9.17, 15) is 4.79 Å². The first-order chi connectivity index (χ1) is 10.4. The van der Waals surface area contributed by atoms with E-state index in [0.29, 0.717) is 5.92 Å². The van der Waals surface area contributed by atoms with Gasteiger partial charge in [0, 0.05) is 12.6 Å². The molecule has 0 aromatic carbocycles. The molecule has 2 bridgehead atoms. The van der Waals surface area contributed by atoms with Gasteiger partial charge >= 0.3 is 6.09 Å². The van der Waals surface area contributed by atoms with Crippen molar-refractivity contribution in [3.8, 4) is 0 Å². The Balaban J connectivity index is 1.40. The van der Waals surface area contributed by atoms with Gasteiger partial charge in [0.05, 0.1) is 0 Å². The quantitative estimate of drug-likeness (QED) is 0.741. The molecule has 4 nitrogen and oxygen atoms in total. The van der Waals surface area contributed by atoms with Gasteiger partial charge in [-0.2, -0.15) is 0 Å². The van der Waals surface area contributed by atoms with Crippen LogP contribution in [0.1, 0.15) is 46.5 Å². The summed E-state index contributed by atoms with van der Waals surface area (Å²) >= 11 is 0. The molecule has 22 heavy (non-hydrogen) atoms. The highest BCUT2D eigenvalue weighted by Gasteiger charge is 2.36. The molecule has 0 saturated heterocycles. The molecule has 4 heteroatoms. The van der Waals surface area contributed by atoms with Crippen molar-refractivity contribution in [2.75, 3.05) is 13.1 Å². The highest BCUT2D eigenvalue weighted by atomic mass is 16.6. The third-order valence-corrected chi connectivity index (χ3v) is 5.08. The number of fused-ring (bicyclic) bond motifs is 2. The van der Waals surface area contributed by atoms with Gasteiger partial charge in [-0.3, -0.25) is 0 Å². The van der Waals surface area contributed by atoms with Crippen LogP contribution in [0, 0.1) is 23.7 Å². The molecule has 0 aromatic heterocycles. The van der Waals surface area contributed by atoms with Crippen molar-refractivity contribution in [1.29, 1.82) is 0 Å². The van der Waals surface area contributed by atoms with Crippen LogP contribution in [-0.2, 0) is 4.74 Å². The van der Waals surface area contributed by atoms with Crippen LogP contribution >= 0.6 is 0 Å². The lowest BCUT2D eigenvalue weighted by atomic mass is 9.93. The minimum Gasteiger partial charge on any atom is -0.444 e. The standard InChI is InChI=1S/C18H30N2O2/c1-18(2,3)22-17(21)20-16(13-6-7-13)11-19-10-15-9-12-4-5-14(15)8-12/h4-5,12-16,19H,6-11H2,1-3H3,(H,20,21). The van der Waals surface area contributed by atoms with Gasteiger partial charge in [0.25, 0.3) is 0 Å². The maximum atomic E-state index is 12.0. The van der Waals surface area contributed by atoms with Crippen molar-refractivity contribution < 1.29 is 9.53 Å². The van der Waals surface area contributed by atoms with Crippen molar-refractivity contribution in [2.45, 2.75) is 58.1 Å². The monoisotopic (exact) mass is 306 g/mol. The predicted octanol–water partition coefficient (Wildman–Crippen LogP) is 3.09. The predicted molar refractivity (Wildman–Crippen MR) is 87.6 cm³/mol.